The van der Waals surface area contributed by atoms with Crippen LogP contribution in [0.25, 0.3) is 0 Å². The Balaban J connectivity index is 2.42. The van der Waals surface area contributed by atoms with E-state index in [0.29, 0.717) is 32.8 Å². The van der Waals surface area contributed by atoms with Crippen LogP contribution in [-0.2, 0) is 10.0 Å². The molecule has 106 valence electrons. The normalized spacial score (nSPS) is 17.4. The topological polar surface area (TPSA) is 71.5 Å². The highest BCUT2D eigenvalue weighted by molar-refractivity contribution is 7.89. The molecule has 1 aliphatic heterocycles. The number of sulfonamides is 1. The summed E-state index contributed by atoms with van der Waals surface area (Å²) in [5.41, 5.74) is 0. The Bertz CT molecular complexity index is 544. The zero-order chi connectivity index (χ0) is 13.9. The number of hydrogen-bond acceptors (Lipinski definition) is 5. The molecular weight excluding hydrogens is 290 g/mol. The Kier molecular flexibility index (Phi) is 4.62. The van der Waals surface area contributed by atoms with Gasteiger partial charge in [0.15, 0.2) is 5.75 Å². The van der Waals surface area contributed by atoms with Crippen LogP contribution in [-0.4, -0.2) is 50.5 Å². The van der Waals surface area contributed by atoms with E-state index in [4.69, 9.17) is 16.3 Å². The third-order valence-electron chi connectivity index (χ3n) is 2.80. The molecule has 1 saturated heterocycles. The van der Waals surface area contributed by atoms with E-state index in [9.17, 15) is 8.42 Å². The summed E-state index contributed by atoms with van der Waals surface area (Å²) in [6.45, 7) is 4.25. The summed E-state index contributed by atoms with van der Waals surface area (Å²) in [5.74, 6) is 0.178. The first-order chi connectivity index (χ1) is 9.07. The standard InChI is InChI=1S/C11H16ClN3O3S/c1-2-18-11-9(12)7-14-8-10(11)19(16,17)15-5-3-13-4-6-15/h7-8,13H,2-6H2,1H3. The van der Waals surface area contributed by atoms with Crippen molar-refractivity contribution in [1.29, 1.82) is 0 Å². The van der Waals surface area contributed by atoms with Gasteiger partial charge in [0.1, 0.15) is 9.92 Å². The number of hydrogen-bond donors (Lipinski definition) is 1. The predicted molar refractivity (Wildman–Crippen MR) is 72.0 cm³/mol. The third-order valence-corrected chi connectivity index (χ3v) is 4.96. The molecule has 0 bridgehead atoms. The monoisotopic (exact) mass is 305 g/mol. The maximum absolute atomic E-state index is 12.6. The third kappa shape index (κ3) is 3.00. The van der Waals surface area contributed by atoms with Gasteiger partial charge in [-0.3, -0.25) is 4.98 Å². The molecule has 0 atom stereocenters. The summed E-state index contributed by atoms with van der Waals surface area (Å²) in [4.78, 5) is 3.89. The molecular formula is C11H16ClN3O3S. The molecule has 6 nitrogen and oxygen atoms in total. The molecule has 0 amide bonds. The molecule has 0 spiro atoms. The molecule has 1 N–H and O–H groups in total. The average molecular weight is 306 g/mol. The number of aromatic nitrogens is 1. The highest BCUT2D eigenvalue weighted by Crippen LogP contribution is 2.32. The Labute approximate surface area is 117 Å². The summed E-state index contributed by atoms with van der Waals surface area (Å²) in [5, 5.41) is 3.32. The van der Waals surface area contributed by atoms with Crippen LogP contribution in [0.3, 0.4) is 0 Å². The summed E-state index contributed by atoms with van der Waals surface area (Å²) in [6.07, 6.45) is 2.66. The summed E-state index contributed by atoms with van der Waals surface area (Å²) >= 11 is 5.97. The maximum atomic E-state index is 12.6. The van der Waals surface area contributed by atoms with Gasteiger partial charge in [-0.2, -0.15) is 4.31 Å². The minimum Gasteiger partial charge on any atom is -0.491 e. The van der Waals surface area contributed by atoms with Crippen LogP contribution in [0.1, 0.15) is 6.92 Å². The average Bonchev–Trinajstić information content (AvgIpc) is 2.42. The zero-order valence-corrected chi connectivity index (χ0v) is 12.2. The molecule has 1 aromatic heterocycles. The van der Waals surface area contributed by atoms with Gasteiger partial charge in [0.05, 0.1) is 12.8 Å². The molecule has 8 heteroatoms. The van der Waals surface area contributed by atoms with Crippen molar-refractivity contribution in [2.45, 2.75) is 11.8 Å². The fraction of sp³-hybridized carbons (Fsp3) is 0.545. The van der Waals surface area contributed by atoms with E-state index in [0.717, 1.165) is 0 Å². The van der Waals surface area contributed by atoms with E-state index in [2.05, 4.69) is 10.3 Å². The van der Waals surface area contributed by atoms with Gasteiger partial charge < -0.3 is 10.1 Å². The van der Waals surface area contributed by atoms with Gasteiger partial charge in [-0.1, -0.05) is 11.6 Å². The Morgan fingerprint density at radius 2 is 2.11 bits per heavy atom. The second kappa shape index (κ2) is 6.04. The number of halogens is 1. The highest BCUT2D eigenvalue weighted by Gasteiger charge is 2.30. The maximum Gasteiger partial charge on any atom is 0.248 e. The first-order valence-corrected chi connectivity index (χ1v) is 7.86. The lowest BCUT2D eigenvalue weighted by atomic mass is 10.4. The quantitative estimate of drug-likeness (QED) is 0.888. The lowest BCUT2D eigenvalue weighted by Gasteiger charge is -2.27. The van der Waals surface area contributed by atoms with Gasteiger partial charge in [0, 0.05) is 32.4 Å². The van der Waals surface area contributed by atoms with Crippen molar-refractivity contribution in [3.05, 3.63) is 17.4 Å². The van der Waals surface area contributed by atoms with Crippen LogP contribution in [0, 0.1) is 0 Å². The van der Waals surface area contributed by atoms with Gasteiger partial charge in [0.25, 0.3) is 0 Å². The fourth-order valence-corrected chi connectivity index (χ4v) is 3.70. The zero-order valence-electron chi connectivity index (χ0n) is 10.6. The van der Waals surface area contributed by atoms with E-state index in [1.807, 2.05) is 0 Å². The van der Waals surface area contributed by atoms with Crippen LogP contribution in [0.5, 0.6) is 5.75 Å². The second-order valence-electron chi connectivity index (χ2n) is 4.04. The Morgan fingerprint density at radius 3 is 2.74 bits per heavy atom. The second-order valence-corrected chi connectivity index (χ2v) is 6.35. The van der Waals surface area contributed by atoms with Crippen LogP contribution in [0.15, 0.2) is 17.3 Å². The van der Waals surface area contributed by atoms with Crippen LogP contribution in [0.2, 0.25) is 5.02 Å². The van der Waals surface area contributed by atoms with E-state index in [1.165, 1.54) is 16.7 Å². The first-order valence-electron chi connectivity index (χ1n) is 6.04. The van der Waals surface area contributed by atoms with Gasteiger partial charge in [0.2, 0.25) is 10.0 Å². The SMILES string of the molecule is CCOc1c(Cl)cncc1S(=O)(=O)N1CCNCC1. The molecule has 2 rings (SSSR count). The molecule has 0 unspecified atom stereocenters. The van der Waals surface area contributed by atoms with Gasteiger partial charge in [-0.05, 0) is 6.92 Å². The van der Waals surface area contributed by atoms with E-state index >= 15 is 0 Å². The molecule has 1 aromatic rings. The van der Waals surface area contributed by atoms with E-state index < -0.39 is 10.0 Å². The van der Waals surface area contributed by atoms with Crippen LogP contribution in [0.4, 0.5) is 0 Å². The first kappa shape index (κ1) is 14.5. The van der Waals surface area contributed by atoms with Crippen molar-refractivity contribution in [3.63, 3.8) is 0 Å². The smallest absolute Gasteiger partial charge is 0.248 e. The predicted octanol–water partition coefficient (Wildman–Crippen LogP) is 0.728. The minimum absolute atomic E-state index is 0.0313. The van der Waals surface area contributed by atoms with Gasteiger partial charge in [-0.25, -0.2) is 8.42 Å². The number of nitrogens with one attached hydrogen (secondary N) is 1. The number of pyridine rings is 1. The lowest BCUT2D eigenvalue weighted by molar-refractivity contribution is 0.325. The molecule has 1 aliphatic rings. The molecule has 0 aliphatic carbocycles. The number of piperazine rings is 1. The number of rotatable bonds is 4. The lowest BCUT2D eigenvalue weighted by Crippen LogP contribution is -2.46. The minimum atomic E-state index is -3.62. The molecule has 19 heavy (non-hydrogen) atoms. The highest BCUT2D eigenvalue weighted by atomic mass is 35.5. The summed E-state index contributed by atoms with van der Waals surface area (Å²) < 4.78 is 31.9. The molecule has 0 radical (unpaired) electrons. The summed E-state index contributed by atoms with van der Waals surface area (Å²) in [7, 11) is -3.62. The molecule has 2 heterocycles. The molecule has 1 fully saturated rings. The van der Waals surface area contributed by atoms with Crippen molar-refractivity contribution < 1.29 is 13.2 Å². The molecule has 0 aromatic carbocycles. The van der Waals surface area contributed by atoms with Crippen molar-refractivity contribution >= 4 is 21.6 Å². The van der Waals surface area contributed by atoms with Crippen LogP contribution >= 0.6 is 11.6 Å². The Hall–Kier alpha value is -0.890. The van der Waals surface area contributed by atoms with Crippen molar-refractivity contribution in [3.8, 4) is 5.75 Å². The van der Waals surface area contributed by atoms with Crippen molar-refractivity contribution in [1.82, 2.24) is 14.6 Å². The Morgan fingerprint density at radius 1 is 1.42 bits per heavy atom. The van der Waals surface area contributed by atoms with E-state index in [-0.39, 0.29) is 15.7 Å². The van der Waals surface area contributed by atoms with Crippen molar-refractivity contribution in [2.75, 3.05) is 32.8 Å². The largest absolute Gasteiger partial charge is 0.491 e. The van der Waals surface area contributed by atoms with Gasteiger partial charge in [-0.15, -0.1) is 0 Å². The van der Waals surface area contributed by atoms with E-state index in [1.54, 1.807) is 6.92 Å². The number of nitrogens with zero attached hydrogens (tertiary/aromatic N) is 2. The molecule has 0 saturated carbocycles. The van der Waals surface area contributed by atoms with Crippen LogP contribution < -0.4 is 10.1 Å². The summed E-state index contributed by atoms with van der Waals surface area (Å²) in [6, 6.07) is 0. The van der Waals surface area contributed by atoms with Crippen molar-refractivity contribution in [2.24, 2.45) is 0 Å². The number of ether oxygens (including phenoxy) is 1. The van der Waals surface area contributed by atoms with Gasteiger partial charge >= 0.3 is 0 Å². The fourth-order valence-electron chi connectivity index (χ4n) is 1.90.